The molecule has 3 heteroatoms. The molecule has 0 radical (unpaired) electrons. The van der Waals surface area contributed by atoms with Gasteiger partial charge in [0.2, 0.25) is 0 Å². The summed E-state index contributed by atoms with van der Waals surface area (Å²) >= 11 is 0. The van der Waals surface area contributed by atoms with Gasteiger partial charge < -0.3 is 31.2 Å². The Morgan fingerprint density at radius 1 is 0.947 bits per heavy atom. The number of hydrogen-bond donors (Lipinski definition) is 0. The number of halogens is 2. The topological polar surface area (TPSA) is 0 Å². The molecule has 3 aliphatic carbocycles. The Kier molecular flexibility index (Phi) is 12.7. The number of allylic oxidation sites excluding steroid dienone is 8. The van der Waals surface area contributed by atoms with Gasteiger partial charge in [0, 0.05) is 0 Å². The van der Waals surface area contributed by atoms with Crippen LogP contribution in [0.15, 0.2) is 42.5 Å². The summed E-state index contributed by atoms with van der Waals surface area (Å²) in [5, 5.41) is 0. The van der Waals surface area contributed by atoms with E-state index in [-0.39, 0.29) is 51.0 Å². The van der Waals surface area contributed by atoms with Gasteiger partial charge in [0.05, 0.1) is 0 Å². The number of hydrogen-bond acceptors (Lipinski definition) is 0. The minimum atomic E-state index is 0. The summed E-state index contributed by atoms with van der Waals surface area (Å²) in [5.74, 6) is 3.12. The van der Waals surface area contributed by atoms with E-state index in [2.05, 4.69) is 56.7 Å². The molecule has 3 aliphatic rings. The Bertz CT molecular complexity index is 313. The fraction of sp³-hybridized carbons (Fsp3) is 0.438. The van der Waals surface area contributed by atoms with Crippen LogP contribution >= 0.6 is 0 Å². The van der Waals surface area contributed by atoms with E-state index in [0.29, 0.717) is 0 Å². The Hall–Kier alpha value is 0.423. The molecule has 0 amide bonds. The van der Waals surface area contributed by atoms with E-state index in [4.69, 9.17) is 0 Å². The Labute approximate surface area is 149 Å². The third-order valence-electron chi connectivity index (χ3n) is 3.63. The smallest absolute Gasteiger partial charge is 1.00 e. The second-order valence-electron chi connectivity index (χ2n) is 4.84. The van der Waals surface area contributed by atoms with Crippen molar-refractivity contribution >= 4 is 0 Å². The minimum absolute atomic E-state index is 0. The van der Waals surface area contributed by atoms with Crippen LogP contribution in [-0.4, -0.2) is 0 Å². The van der Waals surface area contributed by atoms with Crippen molar-refractivity contribution in [3.63, 3.8) is 0 Å². The second-order valence-corrected chi connectivity index (χ2v) is 4.84. The van der Waals surface area contributed by atoms with Crippen LogP contribution in [0.25, 0.3) is 0 Å². The van der Waals surface area contributed by atoms with Crippen molar-refractivity contribution in [2.75, 3.05) is 0 Å². The van der Waals surface area contributed by atoms with Gasteiger partial charge in [0.15, 0.2) is 0 Å². The molecular formula is C16H20Cl2Zr. The van der Waals surface area contributed by atoms with Crippen LogP contribution in [0.4, 0.5) is 0 Å². The molecule has 3 rings (SSSR count). The largest absolute Gasteiger partial charge is 4.00 e. The minimum Gasteiger partial charge on any atom is -1.00 e. The monoisotopic (exact) mass is 372 g/mol. The Balaban J connectivity index is 0. The van der Waals surface area contributed by atoms with Gasteiger partial charge in [-0.2, -0.15) is 17.9 Å². The quantitative estimate of drug-likeness (QED) is 0.437. The third kappa shape index (κ3) is 6.15. The van der Waals surface area contributed by atoms with E-state index in [1.54, 1.807) is 0 Å². The molecule has 1 saturated carbocycles. The summed E-state index contributed by atoms with van der Waals surface area (Å²) in [6.07, 6.45) is 21.6. The van der Waals surface area contributed by atoms with Crippen LogP contribution in [0.3, 0.4) is 0 Å². The van der Waals surface area contributed by atoms with Crippen molar-refractivity contribution in [1.29, 1.82) is 0 Å². The zero-order valence-corrected chi connectivity index (χ0v) is 15.4. The van der Waals surface area contributed by atoms with Crippen molar-refractivity contribution in [2.24, 2.45) is 23.7 Å². The van der Waals surface area contributed by atoms with Crippen LogP contribution in [0.5, 0.6) is 0 Å². The van der Waals surface area contributed by atoms with Crippen molar-refractivity contribution in [1.82, 2.24) is 0 Å². The fourth-order valence-electron chi connectivity index (χ4n) is 2.77. The molecule has 0 aromatic heterocycles. The molecule has 0 spiro atoms. The zero-order valence-electron chi connectivity index (χ0n) is 11.4. The summed E-state index contributed by atoms with van der Waals surface area (Å²) in [7, 11) is 0. The van der Waals surface area contributed by atoms with Gasteiger partial charge in [-0.05, 0) is 11.8 Å². The van der Waals surface area contributed by atoms with Gasteiger partial charge >= 0.3 is 26.2 Å². The Morgan fingerprint density at radius 2 is 1.47 bits per heavy atom. The predicted molar refractivity (Wildman–Crippen MR) is 69.5 cm³/mol. The van der Waals surface area contributed by atoms with E-state index in [0.717, 1.165) is 30.1 Å². The normalized spacial score (nSPS) is 32.3. The SMILES string of the molecule is CC1[CH-]C(C)C2C=CC=CC12.[C-]1=CC=CC1.[Cl-].[Cl-].[Zr+4]. The molecule has 0 aliphatic heterocycles. The van der Waals surface area contributed by atoms with E-state index >= 15 is 0 Å². The Morgan fingerprint density at radius 3 is 1.79 bits per heavy atom. The molecule has 0 nitrogen and oxygen atoms in total. The average Bonchev–Trinajstić information content (AvgIpc) is 2.94. The van der Waals surface area contributed by atoms with Gasteiger partial charge in [0.1, 0.15) is 0 Å². The van der Waals surface area contributed by atoms with Crippen molar-refractivity contribution in [3.8, 4) is 0 Å². The van der Waals surface area contributed by atoms with Gasteiger partial charge in [-0.1, -0.05) is 38.2 Å². The molecule has 102 valence electrons. The molecule has 0 aromatic rings. The van der Waals surface area contributed by atoms with E-state index in [1.165, 1.54) is 0 Å². The van der Waals surface area contributed by atoms with Gasteiger partial charge in [-0.15, -0.1) is 6.42 Å². The molecule has 0 heterocycles. The molecule has 0 saturated heterocycles. The first-order valence-corrected chi connectivity index (χ1v) is 6.21. The van der Waals surface area contributed by atoms with Crippen LogP contribution in [-0.2, 0) is 26.2 Å². The van der Waals surface area contributed by atoms with Crippen LogP contribution < -0.4 is 24.8 Å². The molecule has 4 atom stereocenters. The van der Waals surface area contributed by atoms with Crippen LogP contribution in [0, 0.1) is 36.2 Å². The molecule has 0 N–H and O–H groups in total. The van der Waals surface area contributed by atoms with Crippen molar-refractivity contribution < 1.29 is 51.0 Å². The first-order valence-electron chi connectivity index (χ1n) is 6.21. The molecular weight excluding hydrogens is 354 g/mol. The molecule has 4 unspecified atom stereocenters. The standard InChI is InChI=1S/C11H15.C5H5.2ClH.Zr/c1-8-7-9(2)11-6-4-3-5-10(8)11;1-2-4-5-3-1;;;/h3-11H,1-2H3;1-3H,4H2;2*1H;/q2*-1;;;+4/p-2. The fourth-order valence-corrected chi connectivity index (χ4v) is 2.77. The number of fused-ring (bicyclic) bond motifs is 1. The van der Waals surface area contributed by atoms with Crippen LogP contribution in [0.1, 0.15) is 20.3 Å². The summed E-state index contributed by atoms with van der Waals surface area (Å²) < 4.78 is 0. The maximum Gasteiger partial charge on any atom is 4.00 e. The zero-order chi connectivity index (χ0) is 11.4. The molecule has 1 fully saturated rings. The first-order chi connectivity index (χ1) is 7.79. The molecule has 0 aromatic carbocycles. The summed E-state index contributed by atoms with van der Waals surface area (Å²) in [6, 6.07) is 0. The van der Waals surface area contributed by atoms with Crippen LogP contribution in [0.2, 0.25) is 0 Å². The van der Waals surface area contributed by atoms with E-state index < -0.39 is 0 Å². The maximum absolute atomic E-state index is 2.99. The van der Waals surface area contributed by atoms with Crippen molar-refractivity contribution in [2.45, 2.75) is 20.3 Å². The summed E-state index contributed by atoms with van der Waals surface area (Å²) in [6.45, 7) is 4.65. The molecule has 0 bridgehead atoms. The van der Waals surface area contributed by atoms with Gasteiger partial charge in [0.25, 0.3) is 0 Å². The van der Waals surface area contributed by atoms with Crippen molar-refractivity contribution in [3.05, 3.63) is 55.0 Å². The maximum atomic E-state index is 2.99. The first kappa shape index (κ1) is 21.7. The van der Waals surface area contributed by atoms with Gasteiger partial charge in [-0.3, -0.25) is 6.08 Å². The second kappa shape index (κ2) is 11.1. The average molecular weight is 374 g/mol. The summed E-state index contributed by atoms with van der Waals surface area (Å²) in [5.41, 5.74) is 0. The number of rotatable bonds is 0. The third-order valence-corrected chi connectivity index (χ3v) is 3.63. The van der Waals surface area contributed by atoms with Gasteiger partial charge in [-0.25, -0.2) is 12.2 Å². The molecule has 19 heavy (non-hydrogen) atoms. The summed E-state index contributed by atoms with van der Waals surface area (Å²) in [4.78, 5) is 0. The van der Waals surface area contributed by atoms with E-state index in [1.807, 2.05) is 12.2 Å². The predicted octanol–water partition coefficient (Wildman–Crippen LogP) is -1.85. The van der Waals surface area contributed by atoms with E-state index in [9.17, 15) is 0 Å².